The normalized spacial score (nSPS) is 21.7. The van der Waals surface area contributed by atoms with Gasteiger partial charge >= 0.3 is 0 Å². The van der Waals surface area contributed by atoms with Gasteiger partial charge in [-0.05, 0) is 37.2 Å². The third kappa shape index (κ3) is 4.19. The number of benzene rings is 1. The van der Waals surface area contributed by atoms with Crippen LogP contribution in [-0.2, 0) is 11.2 Å². The van der Waals surface area contributed by atoms with Gasteiger partial charge in [0.05, 0.1) is 13.0 Å². The average molecular weight is 333 g/mol. The molecule has 132 valence electrons. The van der Waals surface area contributed by atoms with E-state index in [4.69, 9.17) is 9.47 Å². The van der Waals surface area contributed by atoms with Crippen molar-refractivity contribution in [1.82, 2.24) is 15.1 Å². The first kappa shape index (κ1) is 17.0. The molecule has 1 aromatic rings. The van der Waals surface area contributed by atoms with Gasteiger partial charge in [0.1, 0.15) is 18.1 Å². The predicted molar refractivity (Wildman–Crippen MR) is 92.6 cm³/mol. The Kier molecular flexibility index (Phi) is 5.58. The van der Waals surface area contributed by atoms with Gasteiger partial charge in [-0.15, -0.1) is 0 Å². The molecule has 6 heteroatoms. The molecule has 6 nitrogen and oxygen atoms in total. The highest BCUT2D eigenvalue weighted by Gasteiger charge is 2.26. The Morgan fingerprint density at radius 2 is 2.12 bits per heavy atom. The molecule has 24 heavy (non-hydrogen) atoms. The molecule has 1 aromatic carbocycles. The fraction of sp³-hybridized carbons (Fsp3) is 0.611. The number of ether oxygens (including phenoxy) is 2. The van der Waals surface area contributed by atoms with Gasteiger partial charge in [0.25, 0.3) is 0 Å². The monoisotopic (exact) mass is 333 g/mol. The molecule has 3 rings (SSSR count). The molecule has 2 aliphatic heterocycles. The van der Waals surface area contributed by atoms with Crippen molar-refractivity contribution in [2.75, 3.05) is 60.0 Å². The summed E-state index contributed by atoms with van der Waals surface area (Å²) >= 11 is 0. The molecule has 2 aliphatic rings. The third-order valence-electron chi connectivity index (χ3n) is 4.87. The SMILES string of the molecule is COc1ccc2c(c1)C[C@@H](C(=O)NCCN1CCN(C)CC1)CO2. The molecular weight excluding hydrogens is 306 g/mol. The number of methoxy groups -OCH3 is 1. The Morgan fingerprint density at radius 1 is 1.33 bits per heavy atom. The van der Waals surface area contributed by atoms with Crippen LogP contribution in [0.2, 0.25) is 0 Å². The molecule has 0 aromatic heterocycles. The first-order valence-electron chi connectivity index (χ1n) is 8.64. The molecule has 2 heterocycles. The van der Waals surface area contributed by atoms with Crippen LogP contribution in [0, 0.1) is 5.92 Å². The second kappa shape index (κ2) is 7.85. The lowest BCUT2D eigenvalue weighted by atomic mass is 9.96. The van der Waals surface area contributed by atoms with E-state index < -0.39 is 0 Å². The first-order chi connectivity index (χ1) is 11.7. The van der Waals surface area contributed by atoms with E-state index in [0.29, 0.717) is 19.6 Å². The summed E-state index contributed by atoms with van der Waals surface area (Å²) in [6, 6.07) is 5.75. The van der Waals surface area contributed by atoms with Crippen LogP contribution in [0.1, 0.15) is 5.56 Å². The van der Waals surface area contributed by atoms with Gasteiger partial charge in [-0.25, -0.2) is 0 Å². The summed E-state index contributed by atoms with van der Waals surface area (Å²) in [6.45, 7) is 6.41. The van der Waals surface area contributed by atoms with Gasteiger partial charge in [-0.2, -0.15) is 0 Å². The number of carbonyl (C=O) groups is 1. The minimum atomic E-state index is -0.128. The van der Waals surface area contributed by atoms with Crippen molar-refractivity contribution in [2.24, 2.45) is 5.92 Å². The maximum Gasteiger partial charge on any atom is 0.226 e. The topological polar surface area (TPSA) is 54.0 Å². The summed E-state index contributed by atoms with van der Waals surface area (Å²) < 4.78 is 11.0. The van der Waals surface area contributed by atoms with E-state index in [1.165, 1.54) is 0 Å². The molecular formula is C18H27N3O3. The van der Waals surface area contributed by atoms with Crippen molar-refractivity contribution >= 4 is 5.91 Å². The number of hydrogen-bond acceptors (Lipinski definition) is 5. The molecule has 0 spiro atoms. The smallest absolute Gasteiger partial charge is 0.226 e. The lowest BCUT2D eigenvalue weighted by Gasteiger charge is -2.32. The highest BCUT2D eigenvalue weighted by Crippen LogP contribution is 2.30. The Bertz CT molecular complexity index is 571. The van der Waals surface area contributed by atoms with Crippen LogP contribution in [0.25, 0.3) is 0 Å². The minimum absolute atomic E-state index is 0.0811. The average Bonchev–Trinajstić information content (AvgIpc) is 2.62. The fourth-order valence-electron chi connectivity index (χ4n) is 3.22. The number of likely N-dealkylation sites (N-methyl/N-ethyl adjacent to an activating group) is 1. The van der Waals surface area contributed by atoms with E-state index in [0.717, 1.165) is 49.8 Å². The summed E-state index contributed by atoms with van der Waals surface area (Å²) in [5, 5.41) is 3.06. The van der Waals surface area contributed by atoms with Crippen molar-refractivity contribution in [3.63, 3.8) is 0 Å². The number of fused-ring (bicyclic) bond motifs is 1. The van der Waals surface area contributed by atoms with E-state index in [9.17, 15) is 4.79 Å². The van der Waals surface area contributed by atoms with Gasteiger partial charge in [0, 0.05) is 39.3 Å². The van der Waals surface area contributed by atoms with Gasteiger partial charge in [0.15, 0.2) is 0 Å². The zero-order chi connectivity index (χ0) is 16.9. The van der Waals surface area contributed by atoms with Gasteiger partial charge in [-0.3, -0.25) is 9.69 Å². The minimum Gasteiger partial charge on any atom is -0.497 e. The van der Waals surface area contributed by atoms with Crippen molar-refractivity contribution in [3.05, 3.63) is 23.8 Å². The molecule has 1 atom stereocenters. The van der Waals surface area contributed by atoms with Crippen LogP contribution in [0.3, 0.4) is 0 Å². The highest BCUT2D eigenvalue weighted by atomic mass is 16.5. The molecule has 0 radical (unpaired) electrons. The molecule has 1 fully saturated rings. The molecule has 1 amide bonds. The zero-order valence-electron chi connectivity index (χ0n) is 14.6. The zero-order valence-corrected chi connectivity index (χ0v) is 14.6. The van der Waals surface area contributed by atoms with Crippen molar-refractivity contribution in [2.45, 2.75) is 6.42 Å². The van der Waals surface area contributed by atoms with E-state index in [-0.39, 0.29) is 11.8 Å². The molecule has 0 saturated carbocycles. The Labute approximate surface area is 143 Å². The van der Waals surface area contributed by atoms with Crippen molar-refractivity contribution in [1.29, 1.82) is 0 Å². The molecule has 1 saturated heterocycles. The van der Waals surface area contributed by atoms with E-state index in [1.807, 2.05) is 18.2 Å². The number of nitrogens with one attached hydrogen (secondary N) is 1. The highest BCUT2D eigenvalue weighted by molar-refractivity contribution is 5.79. The number of piperazine rings is 1. The number of hydrogen-bond donors (Lipinski definition) is 1. The van der Waals surface area contributed by atoms with Crippen LogP contribution in [0.5, 0.6) is 11.5 Å². The van der Waals surface area contributed by atoms with Gasteiger partial charge in [0.2, 0.25) is 5.91 Å². The lowest BCUT2D eigenvalue weighted by molar-refractivity contribution is -0.126. The van der Waals surface area contributed by atoms with Crippen molar-refractivity contribution in [3.8, 4) is 11.5 Å². The standard InChI is InChI=1S/C18H27N3O3/c1-20-7-9-21(10-8-20)6-5-19-18(22)15-11-14-12-16(23-2)3-4-17(14)24-13-15/h3-4,12,15H,5-11,13H2,1-2H3,(H,19,22)/t15-/m1/s1. The summed E-state index contributed by atoms with van der Waals surface area (Å²) in [4.78, 5) is 17.1. The number of amides is 1. The summed E-state index contributed by atoms with van der Waals surface area (Å²) in [5.41, 5.74) is 1.04. The van der Waals surface area contributed by atoms with Crippen LogP contribution in [0.15, 0.2) is 18.2 Å². The summed E-state index contributed by atoms with van der Waals surface area (Å²) in [5.74, 6) is 1.61. The summed E-state index contributed by atoms with van der Waals surface area (Å²) in [6.07, 6.45) is 0.701. The number of carbonyl (C=O) groups excluding carboxylic acids is 1. The summed E-state index contributed by atoms with van der Waals surface area (Å²) in [7, 11) is 3.79. The van der Waals surface area contributed by atoms with Crippen LogP contribution >= 0.6 is 0 Å². The molecule has 0 bridgehead atoms. The maximum absolute atomic E-state index is 12.4. The third-order valence-corrected chi connectivity index (χ3v) is 4.87. The fourth-order valence-corrected chi connectivity index (χ4v) is 3.22. The lowest BCUT2D eigenvalue weighted by Crippen LogP contribution is -2.47. The van der Waals surface area contributed by atoms with Crippen LogP contribution < -0.4 is 14.8 Å². The number of rotatable bonds is 5. The van der Waals surface area contributed by atoms with Crippen LogP contribution in [0.4, 0.5) is 0 Å². The quantitative estimate of drug-likeness (QED) is 0.856. The van der Waals surface area contributed by atoms with Gasteiger partial charge < -0.3 is 19.7 Å². The molecule has 0 aliphatic carbocycles. The van der Waals surface area contributed by atoms with Gasteiger partial charge in [-0.1, -0.05) is 0 Å². The number of nitrogens with zero attached hydrogens (tertiary/aromatic N) is 2. The molecule has 0 unspecified atom stereocenters. The van der Waals surface area contributed by atoms with Crippen LogP contribution in [-0.4, -0.2) is 75.7 Å². The first-order valence-corrected chi connectivity index (χ1v) is 8.64. The van der Waals surface area contributed by atoms with Crippen molar-refractivity contribution < 1.29 is 14.3 Å². The van der Waals surface area contributed by atoms with E-state index in [1.54, 1.807) is 7.11 Å². The second-order valence-electron chi connectivity index (χ2n) is 6.62. The predicted octanol–water partition coefficient (Wildman–Crippen LogP) is 0.610. The largest absolute Gasteiger partial charge is 0.497 e. The Hall–Kier alpha value is -1.79. The van der Waals surface area contributed by atoms with E-state index in [2.05, 4.69) is 22.2 Å². The maximum atomic E-state index is 12.4. The molecule has 1 N–H and O–H groups in total. The second-order valence-corrected chi connectivity index (χ2v) is 6.62. The Morgan fingerprint density at radius 3 is 2.88 bits per heavy atom. The van der Waals surface area contributed by atoms with E-state index >= 15 is 0 Å². The Balaban J connectivity index is 1.45.